The van der Waals surface area contributed by atoms with Crippen molar-refractivity contribution in [2.45, 2.75) is 45.4 Å². The number of carbonyl (C=O) groups excluding carboxylic acids is 3. The first-order valence-corrected chi connectivity index (χ1v) is 9.69. The van der Waals surface area contributed by atoms with E-state index in [1.54, 1.807) is 45.0 Å². The molecular formula is C22H24N2O8. The van der Waals surface area contributed by atoms with Gasteiger partial charge in [0.2, 0.25) is 0 Å². The fourth-order valence-electron chi connectivity index (χ4n) is 2.47. The van der Waals surface area contributed by atoms with Gasteiger partial charge in [-0.15, -0.1) is 0 Å². The average molecular weight is 444 g/mol. The molecule has 2 rings (SSSR count). The van der Waals surface area contributed by atoms with Crippen LogP contribution in [0.25, 0.3) is 0 Å². The lowest BCUT2D eigenvalue weighted by molar-refractivity contribution is -0.384. The standard InChI is InChI=1S/C22H24N2O8/c1-22(2,3)32-19(25)13-18(23-21(27)30-14-15-7-5-4-6-8-15)20(26)31-17-11-9-16(10-12-17)24(28)29/h4-12,18H,13-14H2,1-3H3,(H,23,27)/t18-/m1/s1. The van der Waals surface area contributed by atoms with Gasteiger partial charge in [0.25, 0.3) is 5.69 Å². The summed E-state index contributed by atoms with van der Waals surface area (Å²) in [6, 6.07) is 12.3. The molecule has 0 saturated heterocycles. The minimum Gasteiger partial charge on any atom is -0.460 e. The SMILES string of the molecule is CC(C)(C)OC(=O)C[C@@H](NC(=O)OCc1ccccc1)C(=O)Oc1ccc([N+](=O)[O-])cc1. The number of rotatable bonds is 8. The molecule has 1 atom stereocenters. The third-order valence-corrected chi connectivity index (χ3v) is 3.85. The maximum atomic E-state index is 12.6. The van der Waals surface area contributed by atoms with Gasteiger partial charge in [-0.3, -0.25) is 14.9 Å². The number of nitrogens with zero attached hydrogens (tertiary/aromatic N) is 1. The zero-order chi connectivity index (χ0) is 23.7. The number of esters is 2. The monoisotopic (exact) mass is 444 g/mol. The van der Waals surface area contributed by atoms with Crippen LogP contribution in [-0.4, -0.2) is 34.6 Å². The van der Waals surface area contributed by atoms with E-state index in [4.69, 9.17) is 14.2 Å². The molecule has 0 bridgehead atoms. The van der Waals surface area contributed by atoms with Gasteiger partial charge in [-0.1, -0.05) is 30.3 Å². The van der Waals surface area contributed by atoms with Crippen LogP contribution in [0.2, 0.25) is 0 Å². The number of ether oxygens (including phenoxy) is 3. The number of alkyl carbamates (subject to hydrolysis) is 1. The second-order valence-electron chi connectivity index (χ2n) is 7.72. The van der Waals surface area contributed by atoms with Crippen LogP contribution in [-0.2, 0) is 25.7 Å². The van der Waals surface area contributed by atoms with Crippen LogP contribution in [0.1, 0.15) is 32.8 Å². The molecule has 0 aliphatic heterocycles. The number of carbonyl (C=O) groups is 3. The van der Waals surface area contributed by atoms with Crippen LogP contribution >= 0.6 is 0 Å². The molecule has 170 valence electrons. The van der Waals surface area contributed by atoms with Crippen LogP contribution in [0.3, 0.4) is 0 Å². The summed E-state index contributed by atoms with van der Waals surface area (Å²) < 4.78 is 15.5. The molecule has 0 aromatic heterocycles. The van der Waals surface area contributed by atoms with Gasteiger partial charge in [-0.25, -0.2) is 9.59 Å². The molecule has 2 aromatic carbocycles. The fraction of sp³-hybridized carbons (Fsp3) is 0.318. The Labute approximate surface area is 184 Å². The molecule has 0 spiro atoms. The van der Waals surface area contributed by atoms with Crippen LogP contribution in [0.15, 0.2) is 54.6 Å². The van der Waals surface area contributed by atoms with E-state index in [-0.39, 0.29) is 18.0 Å². The van der Waals surface area contributed by atoms with E-state index in [2.05, 4.69) is 5.32 Å². The van der Waals surface area contributed by atoms with Crippen molar-refractivity contribution in [1.29, 1.82) is 0 Å². The molecule has 0 aliphatic carbocycles. The summed E-state index contributed by atoms with van der Waals surface area (Å²) in [6.45, 7) is 4.95. The number of benzene rings is 2. The van der Waals surface area contributed by atoms with Crippen molar-refractivity contribution in [3.05, 3.63) is 70.3 Å². The molecule has 1 amide bonds. The van der Waals surface area contributed by atoms with E-state index in [0.717, 1.165) is 17.7 Å². The second-order valence-corrected chi connectivity index (χ2v) is 7.72. The summed E-state index contributed by atoms with van der Waals surface area (Å²) in [6.07, 6.45) is -1.42. The number of nitrogens with one attached hydrogen (secondary N) is 1. The Balaban J connectivity index is 2.06. The van der Waals surface area contributed by atoms with E-state index in [1.807, 2.05) is 6.07 Å². The Kier molecular flexibility index (Phi) is 8.28. The predicted molar refractivity (Wildman–Crippen MR) is 113 cm³/mol. The smallest absolute Gasteiger partial charge is 0.408 e. The van der Waals surface area contributed by atoms with Crippen molar-refractivity contribution in [3.63, 3.8) is 0 Å². The molecular weight excluding hydrogens is 420 g/mol. The number of hydrogen-bond acceptors (Lipinski definition) is 8. The highest BCUT2D eigenvalue weighted by molar-refractivity contribution is 5.87. The number of nitro groups is 1. The van der Waals surface area contributed by atoms with Gasteiger partial charge in [-0.05, 0) is 38.5 Å². The normalized spacial score (nSPS) is 11.7. The number of nitro benzene ring substituents is 1. The Morgan fingerprint density at radius 2 is 1.66 bits per heavy atom. The fourth-order valence-corrected chi connectivity index (χ4v) is 2.47. The molecule has 0 unspecified atom stereocenters. The zero-order valence-corrected chi connectivity index (χ0v) is 17.9. The summed E-state index contributed by atoms with van der Waals surface area (Å²) in [5.41, 5.74) is -0.241. The van der Waals surface area contributed by atoms with Crippen LogP contribution in [0.5, 0.6) is 5.75 Å². The molecule has 0 fully saturated rings. The Morgan fingerprint density at radius 1 is 1.03 bits per heavy atom. The van der Waals surface area contributed by atoms with Crippen molar-refractivity contribution < 1.29 is 33.5 Å². The third-order valence-electron chi connectivity index (χ3n) is 3.85. The van der Waals surface area contributed by atoms with Crippen molar-refractivity contribution in [3.8, 4) is 5.75 Å². The van der Waals surface area contributed by atoms with E-state index >= 15 is 0 Å². The molecule has 32 heavy (non-hydrogen) atoms. The van der Waals surface area contributed by atoms with Gasteiger partial charge < -0.3 is 19.5 Å². The molecule has 0 saturated carbocycles. The summed E-state index contributed by atoms with van der Waals surface area (Å²) in [5.74, 6) is -1.68. The first-order chi connectivity index (χ1) is 15.0. The van der Waals surface area contributed by atoms with Gasteiger partial charge >= 0.3 is 18.0 Å². The van der Waals surface area contributed by atoms with Crippen molar-refractivity contribution in [2.24, 2.45) is 0 Å². The highest BCUT2D eigenvalue weighted by Crippen LogP contribution is 2.18. The zero-order valence-electron chi connectivity index (χ0n) is 17.9. The lowest BCUT2D eigenvalue weighted by atomic mass is 10.1. The Bertz CT molecular complexity index is 952. The quantitative estimate of drug-likeness (QED) is 0.283. The van der Waals surface area contributed by atoms with Gasteiger partial charge in [0.15, 0.2) is 0 Å². The van der Waals surface area contributed by atoms with E-state index < -0.39 is 41.0 Å². The molecule has 10 nitrogen and oxygen atoms in total. The van der Waals surface area contributed by atoms with Crippen LogP contribution < -0.4 is 10.1 Å². The van der Waals surface area contributed by atoms with Crippen LogP contribution in [0, 0.1) is 10.1 Å². The maximum absolute atomic E-state index is 12.6. The first-order valence-electron chi connectivity index (χ1n) is 9.69. The van der Waals surface area contributed by atoms with Crippen molar-refractivity contribution in [1.82, 2.24) is 5.32 Å². The van der Waals surface area contributed by atoms with Gasteiger partial charge in [0.05, 0.1) is 11.3 Å². The molecule has 0 radical (unpaired) electrons. The van der Waals surface area contributed by atoms with Gasteiger partial charge in [0, 0.05) is 12.1 Å². The summed E-state index contributed by atoms with van der Waals surface area (Å²) >= 11 is 0. The second kappa shape index (κ2) is 10.9. The summed E-state index contributed by atoms with van der Waals surface area (Å²) in [5, 5.41) is 13.1. The number of amides is 1. The van der Waals surface area contributed by atoms with Crippen molar-refractivity contribution in [2.75, 3.05) is 0 Å². The van der Waals surface area contributed by atoms with Gasteiger partial charge in [-0.2, -0.15) is 0 Å². The lowest BCUT2D eigenvalue weighted by Gasteiger charge is -2.22. The van der Waals surface area contributed by atoms with Crippen LogP contribution in [0.4, 0.5) is 10.5 Å². The Hall–Kier alpha value is -3.95. The lowest BCUT2D eigenvalue weighted by Crippen LogP contribution is -2.45. The minimum absolute atomic E-state index is 0.00856. The van der Waals surface area contributed by atoms with E-state index in [1.165, 1.54) is 12.1 Å². The summed E-state index contributed by atoms with van der Waals surface area (Å²) in [4.78, 5) is 47.2. The largest absolute Gasteiger partial charge is 0.460 e. The minimum atomic E-state index is -1.40. The van der Waals surface area contributed by atoms with Gasteiger partial charge in [0.1, 0.15) is 24.0 Å². The van der Waals surface area contributed by atoms with Crippen molar-refractivity contribution >= 4 is 23.7 Å². The topological polar surface area (TPSA) is 134 Å². The third kappa shape index (κ3) is 8.42. The number of non-ortho nitro benzene ring substituents is 1. The first kappa shape index (κ1) is 24.3. The van der Waals surface area contributed by atoms with E-state index in [0.29, 0.717) is 0 Å². The summed E-state index contributed by atoms with van der Waals surface area (Å²) in [7, 11) is 0. The number of hydrogen-bond donors (Lipinski definition) is 1. The average Bonchev–Trinajstić information content (AvgIpc) is 2.71. The molecule has 0 heterocycles. The maximum Gasteiger partial charge on any atom is 0.408 e. The van der Waals surface area contributed by atoms with E-state index in [9.17, 15) is 24.5 Å². The molecule has 10 heteroatoms. The molecule has 2 aromatic rings. The highest BCUT2D eigenvalue weighted by Gasteiger charge is 2.29. The Morgan fingerprint density at radius 3 is 2.22 bits per heavy atom. The molecule has 1 N–H and O–H groups in total. The predicted octanol–water partition coefficient (Wildman–Crippen LogP) is 3.53. The molecule has 0 aliphatic rings. The highest BCUT2D eigenvalue weighted by atomic mass is 16.6.